The zero-order valence-electron chi connectivity index (χ0n) is 20.2. The molecule has 0 aliphatic rings. The molecule has 0 saturated heterocycles. The third-order valence-electron chi connectivity index (χ3n) is 5.63. The molecule has 0 fully saturated rings. The van der Waals surface area contributed by atoms with Crippen molar-refractivity contribution >= 4 is 38.5 Å². The number of rotatable bonds is 9. The van der Waals surface area contributed by atoms with Gasteiger partial charge >= 0.3 is 0 Å². The molecule has 0 saturated carbocycles. The Labute approximate surface area is 203 Å². The molecule has 0 aliphatic heterocycles. The van der Waals surface area contributed by atoms with Gasteiger partial charge in [0.15, 0.2) is 6.61 Å². The summed E-state index contributed by atoms with van der Waals surface area (Å²) in [5.41, 5.74) is 0.979. The summed E-state index contributed by atoms with van der Waals surface area (Å²) in [5.74, 6) is -0.908. The number of carbonyl (C=O) groups excluding carboxylic acids is 2. The Morgan fingerprint density at radius 2 is 1.74 bits per heavy atom. The molecular weight excluding hydrogens is 477 g/mol. The van der Waals surface area contributed by atoms with E-state index in [0.717, 1.165) is 10.6 Å². The van der Waals surface area contributed by atoms with Gasteiger partial charge in [0.1, 0.15) is 22.9 Å². The summed E-state index contributed by atoms with van der Waals surface area (Å²) in [4.78, 5) is 26.9. The summed E-state index contributed by atoms with van der Waals surface area (Å²) in [5, 5.41) is 2.91. The number of halogens is 1. The van der Waals surface area contributed by atoms with Crippen molar-refractivity contribution in [2.24, 2.45) is 0 Å². The number of furan rings is 1. The molecule has 0 aliphatic carbocycles. The fraction of sp³-hybridized carbons (Fsp3) is 0.333. The molecule has 3 rings (SSSR count). The fourth-order valence-corrected chi connectivity index (χ4v) is 4.11. The van der Waals surface area contributed by atoms with Gasteiger partial charge in [-0.1, -0.05) is 0 Å². The lowest BCUT2D eigenvalue weighted by atomic mass is 10.0. The molecule has 2 amide bonds. The first kappa shape index (κ1) is 26.0. The Kier molecular flexibility index (Phi) is 7.69. The molecule has 35 heavy (non-hydrogen) atoms. The molecule has 1 N–H and O–H groups in total. The molecule has 3 aromatic rings. The number of hydrogen-bond acceptors (Lipinski definition) is 6. The number of amides is 2. The zero-order chi connectivity index (χ0) is 25.9. The highest BCUT2D eigenvalue weighted by molar-refractivity contribution is 7.92. The van der Waals surface area contributed by atoms with Crippen LogP contribution in [0.25, 0.3) is 22.3 Å². The highest BCUT2D eigenvalue weighted by Crippen LogP contribution is 2.40. The molecule has 0 radical (unpaired) electrons. The van der Waals surface area contributed by atoms with E-state index in [2.05, 4.69) is 5.32 Å². The van der Waals surface area contributed by atoms with E-state index >= 15 is 0 Å². The number of anilines is 1. The average molecular weight is 506 g/mol. The second-order valence-corrected chi connectivity index (χ2v) is 9.81. The highest BCUT2D eigenvalue weighted by atomic mass is 32.2. The molecule has 9 nitrogen and oxygen atoms in total. The van der Waals surface area contributed by atoms with Gasteiger partial charge in [-0.25, -0.2) is 12.8 Å². The Morgan fingerprint density at radius 3 is 2.29 bits per heavy atom. The number of carbonyl (C=O) groups is 2. The lowest BCUT2D eigenvalue weighted by Crippen LogP contribution is -2.34. The first-order chi connectivity index (χ1) is 16.5. The van der Waals surface area contributed by atoms with E-state index in [9.17, 15) is 22.4 Å². The predicted molar refractivity (Wildman–Crippen MR) is 132 cm³/mol. The minimum atomic E-state index is -3.70. The van der Waals surface area contributed by atoms with Gasteiger partial charge in [-0.15, -0.1) is 0 Å². The van der Waals surface area contributed by atoms with Crippen LogP contribution in [0.3, 0.4) is 0 Å². The minimum absolute atomic E-state index is 0.0857. The van der Waals surface area contributed by atoms with Crippen LogP contribution in [0.15, 0.2) is 40.8 Å². The molecule has 0 atom stereocenters. The largest absolute Gasteiger partial charge is 0.482 e. The molecule has 1 aromatic heterocycles. The summed E-state index contributed by atoms with van der Waals surface area (Å²) in [6, 6.07) is 8.35. The molecule has 2 aromatic carbocycles. The van der Waals surface area contributed by atoms with E-state index in [1.165, 1.54) is 50.5 Å². The van der Waals surface area contributed by atoms with Gasteiger partial charge in [-0.3, -0.25) is 13.9 Å². The van der Waals surface area contributed by atoms with Crippen molar-refractivity contribution in [3.8, 4) is 17.1 Å². The number of fused-ring (bicyclic) bond motifs is 1. The number of likely N-dealkylation sites (N-methyl/N-ethyl adjacent to an activating group) is 1. The van der Waals surface area contributed by atoms with Crippen LogP contribution in [0.2, 0.25) is 0 Å². The van der Waals surface area contributed by atoms with E-state index in [1.54, 1.807) is 4.90 Å². The Bertz CT molecular complexity index is 1350. The highest BCUT2D eigenvalue weighted by Gasteiger charge is 2.26. The number of benzene rings is 2. The summed E-state index contributed by atoms with van der Waals surface area (Å²) in [6.07, 6.45) is 1.03. The third-order valence-corrected chi connectivity index (χ3v) is 6.83. The van der Waals surface area contributed by atoms with E-state index in [4.69, 9.17) is 9.15 Å². The topological polar surface area (TPSA) is 109 Å². The molecular formula is C24H28FN3O6S. The average Bonchev–Trinajstić information content (AvgIpc) is 3.20. The van der Waals surface area contributed by atoms with Crippen molar-refractivity contribution in [1.82, 2.24) is 10.2 Å². The Morgan fingerprint density at radius 1 is 1.11 bits per heavy atom. The van der Waals surface area contributed by atoms with E-state index in [1.807, 2.05) is 13.8 Å². The fourth-order valence-electron chi connectivity index (χ4n) is 3.61. The van der Waals surface area contributed by atoms with Crippen LogP contribution in [0.4, 0.5) is 10.1 Å². The SMILES string of the molecule is CCN(CC)C(=O)COc1cc2c(C(=O)NC)c(-c3ccc(F)cc3)oc2cc1N(C)S(C)(=O)=O. The Hall–Kier alpha value is -3.60. The van der Waals surface area contributed by atoms with Gasteiger partial charge in [-0.2, -0.15) is 0 Å². The van der Waals surface area contributed by atoms with Crippen molar-refractivity contribution in [2.75, 3.05) is 44.4 Å². The van der Waals surface area contributed by atoms with Crippen molar-refractivity contribution < 1.29 is 31.6 Å². The number of sulfonamides is 1. The molecule has 188 valence electrons. The molecule has 0 bridgehead atoms. The van der Waals surface area contributed by atoms with Gasteiger partial charge in [0.2, 0.25) is 10.0 Å². The lowest BCUT2D eigenvalue weighted by Gasteiger charge is -2.22. The molecule has 0 unspecified atom stereocenters. The van der Waals surface area contributed by atoms with Crippen LogP contribution >= 0.6 is 0 Å². The smallest absolute Gasteiger partial charge is 0.260 e. The number of ether oxygens (including phenoxy) is 1. The van der Waals surface area contributed by atoms with Crippen LogP contribution in [-0.4, -0.2) is 65.2 Å². The van der Waals surface area contributed by atoms with Gasteiger partial charge < -0.3 is 19.4 Å². The maximum Gasteiger partial charge on any atom is 0.260 e. The molecule has 0 spiro atoms. The summed E-state index contributed by atoms with van der Waals surface area (Å²) >= 11 is 0. The maximum absolute atomic E-state index is 13.5. The zero-order valence-corrected chi connectivity index (χ0v) is 21.0. The van der Waals surface area contributed by atoms with Crippen LogP contribution < -0.4 is 14.4 Å². The van der Waals surface area contributed by atoms with Crippen molar-refractivity contribution in [3.63, 3.8) is 0 Å². The van der Waals surface area contributed by atoms with Gasteiger partial charge in [0.05, 0.1) is 17.5 Å². The van der Waals surface area contributed by atoms with E-state index in [-0.39, 0.29) is 40.9 Å². The van der Waals surface area contributed by atoms with Crippen LogP contribution in [-0.2, 0) is 14.8 Å². The number of hydrogen-bond donors (Lipinski definition) is 1. The molecule has 11 heteroatoms. The van der Waals surface area contributed by atoms with E-state index < -0.39 is 21.7 Å². The van der Waals surface area contributed by atoms with Crippen molar-refractivity contribution in [2.45, 2.75) is 13.8 Å². The molecule has 1 heterocycles. The number of nitrogens with one attached hydrogen (secondary N) is 1. The normalized spacial score (nSPS) is 11.4. The second kappa shape index (κ2) is 10.3. The maximum atomic E-state index is 13.5. The Balaban J connectivity index is 2.22. The first-order valence-electron chi connectivity index (χ1n) is 10.9. The van der Waals surface area contributed by atoms with Gasteiger partial charge in [-0.05, 0) is 44.2 Å². The van der Waals surface area contributed by atoms with Crippen LogP contribution in [0.5, 0.6) is 5.75 Å². The van der Waals surface area contributed by atoms with Crippen molar-refractivity contribution in [1.29, 1.82) is 0 Å². The summed E-state index contributed by atoms with van der Waals surface area (Å²) < 4.78 is 50.8. The lowest BCUT2D eigenvalue weighted by molar-refractivity contribution is -0.132. The van der Waals surface area contributed by atoms with Gasteiger partial charge in [0.25, 0.3) is 11.8 Å². The van der Waals surface area contributed by atoms with Crippen molar-refractivity contribution in [3.05, 3.63) is 47.8 Å². The summed E-state index contributed by atoms with van der Waals surface area (Å²) in [7, 11) is -0.891. The van der Waals surface area contributed by atoms with Crippen LogP contribution in [0, 0.1) is 5.82 Å². The monoisotopic (exact) mass is 505 g/mol. The predicted octanol–water partition coefficient (Wildman–Crippen LogP) is 3.24. The second-order valence-electron chi connectivity index (χ2n) is 7.79. The quantitative estimate of drug-likeness (QED) is 0.478. The summed E-state index contributed by atoms with van der Waals surface area (Å²) in [6.45, 7) is 4.35. The van der Waals surface area contributed by atoms with Gasteiger partial charge in [0, 0.05) is 44.2 Å². The van der Waals surface area contributed by atoms with Crippen LogP contribution in [0.1, 0.15) is 24.2 Å². The van der Waals surface area contributed by atoms with E-state index in [0.29, 0.717) is 24.0 Å². The third kappa shape index (κ3) is 5.40. The first-order valence-corrected chi connectivity index (χ1v) is 12.8. The standard InChI is InChI=1S/C24H28FN3O6S/c1-6-28(7-2)21(29)14-33-20-12-17-19(13-18(20)27(4)35(5,31)32)34-23(22(17)24(30)26-3)15-8-10-16(25)11-9-15/h8-13H,6-7,14H2,1-5H3,(H,26,30). The minimum Gasteiger partial charge on any atom is -0.482 e. The number of nitrogens with zero attached hydrogens (tertiary/aromatic N) is 2.